The first kappa shape index (κ1) is 9.78. The van der Waals surface area contributed by atoms with Crippen LogP contribution in [0.4, 0.5) is 0 Å². The van der Waals surface area contributed by atoms with E-state index in [4.69, 9.17) is 4.84 Å². The van der Waals surface area contributed by atoms with Crippen molar-refractivity contribution in [2.24, 2.45) is 5.16 Å². The summed E-state index contributed by atoms with van der Waals surface area (Å²) in [5.74, 6) is 0.440. The molecular weight excluding hydrogens is 214 g/mol. The number of rotatable bonds is 0. The third kappa shape index (κ3) is 1.61. The van der Waals surface area contributed by atoms with Crippen molar-refractivity contribution in [3.8, 4) is 0 Å². The lowest BCUT2D eigenvalue weighted by atomic mass is 10.00. The van der Waals surface area contributed by atoms with Gasteiger partial charge in [0.05, 0.1) is 11.8 Å². The second kappa shape index (κ2) is 3.87. The summed E-state index contributed by atoms with van der Waals surface area (Å²) in [5, 5.41) is 5.63. The highest BCUT2D eigenvalue weighted by Gasteiger charge is 2.18. The molecule has 0 saturated heterocycles. The van der Waals surface area contributed by atoms with Crippen LogP contribution in [0.15, 0.2) is 53.4 Å². The number of nitrogens with zero attached hydrogens (tertiary/aromatic N) is 1. The summed E-state index contributed by atoms with van der Waals surface area (Å²) >= 11 is 0. The summed E-state index contributed by atoms with van der Waals surface area (Å²) in [7, 11) is 0. The van der Waals surface area contributed by atoms with E-state index < -0.39 is 0 Å². The molecule has 2 aliphatic rings. The Hall–Kier alpha value is -2.42. The number of ketones is 1. The van der Waals surface area contributed by atoms with Gasteiger partial charge in [0.25, 0.3) is 0 Å². The number of carbonyl (C=O) groups excluding carboxylic acids is 1. The summed E-state index contributed by atoms with van der Waals surface area (Å²) in [6.07, 6.45) is 8.36. The van der Waals surface area contributed by atoms with Crippen LogP contribution in [0.5, 0.6) is 0 Å². The van der Waals surface area contributed by atoms with Gasteiger partial charge in [-0.1, -0.05) is 35.5 Å². The minimum absolute atomic E-state index is 0.0551. The van der Waals surface area contributed by atoms with E-state index in [1.54, 1.807) is 18.4 Å². The van der Waals surface area contributed by atoms with Crippen molar-refractivity contribution in [1.29, 1.82) is 0 Å². The first-order chi connectivity index (χ1) is 8.36. The Morgan fingerprint density at radius 1 is 1.12 bits per heavy atom. The van der Waals surface area contributed by atoms with Gasteiger partial charge in [-0.3, -0.25) is 4.79 Å². The van der Waals surface area contributed by atoms with Gasteiger partial charge in [-0.05, 0) is 28.7 Å². The Morgan fingerprint density at radius 2 is 2.00 bits per heavy atom. The predicted molar refractivity (Wildman–Crippen MR) is 65.4 cm³/mol. The monoisotopic (exact) mass is 223 g/mol. The normalized spacial score (nSPS) is 24.1. The van der Waals surface area contributed by atoms with E-state index in [1.807, 2.05) is 30.3 Å². The van der Waals surface area contributed by atoms with Crippen molar-refractivity contribution >= 4 is 23.6 Å². The highest BCUT2D eigenvalue weighted by Crippen LogP contribution is 2.18. The standard InChI is InChI=1S/C14H9NO2/c16-12-6-3-7-13-14(12)11-5-2-1-4-10(11)8-9-15-17-13/h1-9H/b10-8-,14-11-,15-9-. The molecule has 1 aliphatic carbocycles. The minimum atomic E-state index is -0.0551. The zero-order valence-corrected chi connectivity index (χ0v) is 8.96. The number of allylic oxidation sites excluding steroid dienone is 4. The molecule has 17 heavy (non-hydrogen) atoms. The molecule has 1 heterocycles. The zero-order chi connectivity index (χ0) is 11.7. The lowest BCUT2D eigenvalue weighted by Crippen LogP contribution is -2.31. The van der Waals surface area contributed by atoms with E-state index in [2.05, 4.69) is 5.16 Å². The summed E-state index contributed by atoms with van der Waals surface area (Å²) in [5.41, 5.74) is 0.566. The number of hydrogen-bond acceptors (Lipinski definition) is 3. The van der Waals surface area contributed by atoms with Crippen LogP contribution in [0.3, 0.4) is 0 Å². The van der Waals surface area contributed by atoms with Gasteiger partial charge in [0, 0.05) is 0 Å². The van der Waals surface area contributed by atoms with Crippen molar-refractivity contribution in [3.63, 3.8) is 0 Å². The van der Waals surface area contributed by atoms with Crippen LogP contribution in [0.1, 0.15) is 0 Å². The van der Waals surface area contributed by atoms with Crippen LogP contribution in [-0.2, 0) is 9.63 Å². The van der Waals surface area contributed by atoms with Crippen LogP contribution < -0.4 is 10.4 Å². The van der Waals surface area contributed by atoms with Gasteiger partial charge in [-0.15, -0.1) is 0 Å². The zero-order valence-electron chi connectivity index (χ0n) is 8.96. The lowest BCUT2D eigenvalue weighted by molar-refractivity contribution is -0.109. The summed E-state index contributed by atoms with van der Waals surface area (Å²) in [6, 6.07) is 7.69. The SMILES string of the molecule is O=C1C=CC=C2O\N=C/C=c3/cccc/c3=C\12. The Labute approximate surface area is 97.7 Å². The van der Waals surface area contributed by atoms with Gasteiger partial charge in [0.2, 0.25) is 0 Å². The number of fused-ring (bicyclic) bond motifs is 2. The van der Waals surface area contributed by atoms with Crippen molar-refractivity contribution in [2.75, 3.05) is 0 Å². The molecule has 0 aromatic heterocycles. The topological polar surface area (TPSA) is 38.7 Å². The molecule has 1 aromatic carbocycles. The smallest absolute Gasteiger partial charge is 0.190 e. The number of oxime groups is 1. The lowest BCUT2D eigenvalue weighted by Gasteiger charge is -2.11. The van der Waals surface area contributed by atoms with Gasteiger partial charge < -0.3 is 4.84 Å². The quantitative estimate of drug-likeness (QED) is 0.648. The van der Waals surface area contributed by atoms with Crippen LogP contribution in [-0.4, -0.2) is 12.0 Å². The first-order valence-corrected chi connectivity index (χ1v) is 5.29. The highest BCUT2D eigenvalue weighted by molar-refractivity contribution is 6.26. The maximum Gasteiger partial charge on any atom is 0.190 e. The third-order valence-electron chi connectivity index (χ3n) is 2.68. The van der Waals surface area contributed by atoms with Crippen molar-refractivity contribution in [2.45, 2.75) is 0 Å². The fourth-order valence-electron chi connectivity index (χ4n) is 1.92. The predicted octanol–water partition coefficient (Wildman–Crippen LogP) is 0.657. The van der Waals surface area contributed by atoms with Crippen molar-refractivity contribution < 1.29 is 9.63 Å². The summed E-state index contributed by atoms with van der Waals surface area (Å²) in [6.45, 7) is 0. The van der Waals surface area contributed by atoms with Gasteiger partial charge in [0.15, 0.2) is 11.5 Å². The van der Waals surface area contributed by atoms with Crippen LogP contribution >= 0.6 is 0 Å². The summed E-state index contributed by atoms with van der Waals surface area (Å²) in [4.78, 5) is 17.2. The molecule has 1 aliphatic heterocycles. The van der Waals surface area contributed by atoms with Crippen LogP contribution in [0.2, 0.25) is 0 Å². The number of hydrogen-bond donors (Lipinski definition) is 0. The molecule has 3 heteroatoms. The third-order valence-corrected chi connectivity index (χ3v) is 2.68. The largest absolute Gasteiger partial charge is 0.356 e. The molecule has 82 valence electrons. The van der Waals surface area contributed by atoms with E-state index in [0.29, 0.717) is 11.3 Å². The fourth-order valence-corrected chi connectivity index (χ4v) is 1.92. The Balaban J connectivity index is 2.48. The molecule has 0 bridgehead atoms. The Bertz CT molecular complexity index is 693. The number of carbonyl (C=O) groups is 1. The first-order valence-electron chi connectivity index (χ1n) is 5.29. The molecule has 3 nitrogen and oxygen atoms in total. The number of benzene rings is 1. The second-order valence-electron chi connectivity index (χ2n) is 3.73. The minimum Gasteiger partial charge on any atom is -0.356 e. The summed E-state index contributed by atoms with van der Waals surface area (Å²) < 4.78 is 0. The molecule has 3 rings (SSSR count). The molecule has 0 atom stereocenters. The van der Waals surface area contributed by atoms with E-state index in [9.17, 15) is 4.79 Å². The second-order valence-corrected chi connectivity index (χ2v) is 3.73. The maximum absolute atomic E-state index is 11.9. The van der Waals surface area contributed by atoms with Gasteiger partial charge in [-0.2, -0.15) is 0 Å². The molecular formula is C14H9NO2. The maximum atomic E-state index is 11.9. The van der Waals surface area contributed by atoms with Gasteiger partial charge in [0.1, 0.15) is 0 Å². The Kier molecular flexibility index (Phi) is 2.22. The van der Waals surface area contributed by atoms with E-state index in [0.717, 1.165) is 10.4 Å². The molecule has 0 radical (unpaired) electrons. The molecule has 0 amide bonds. The molecule has 0 saturated carbocycles. The van der Waals surface area contributed by atoms with Gasteiger partial charge >= 0.3 is 0 Å². The van der Waals surface area contributed by atoms with Crippen molar-refractivity contribution in [1.82, 2.24) is 0 Å². The highest BCUT2D eigenvalue weighted by atomic mass is 16.6. The van der Waals surface area contributed by atoms with Crippen LogP contribution in [0, 0.1) is 0 Å². The molecule has 1 aromatic rings. The molecule has 0 spiro atoms. The van der Waals surface area contributed by atoms with E-state index >= 15 is 0 Å². The van der Waals surface area contributed by atoms with Crippen LogP contribution in [0.25, 0.3) is 11.6 Å². The Morgan fingerprint density at radius 3 is 2.94 bits per heavy atom. The van der Waals surface area contributed by atoms with Crippen molar-refractivity contribution in [3.05, 3.63) is 58.7 Å². The fraction of sp³-hybridized carbons (Fsp3) is 0. The molecule has 0 unspecified atom stereocenters. The average Bonchev–Trinajstić information content (AvgIpc) is 2.32. The van der Waals surface area contributed by atoms with E-state index in [-0.39, 0.29) is 5.78 Å². The average molecular weight is 223 g/mol. The van der Waals surface area contributed by atoms with E-state index in [1.165, 1.54) is 6.08 Å². The molecule has 0 N–H and O–H groups in total. The molecule has 0 fully saturated rings. The van der Waals surface area contributed by atoms with Gasteiger partial charge in [-0.25, -0.2) is 0 Å².